The minimum Gasteiger partial charge on any atom is -0.440 e. The molecule has 7 nitrogen and oxygen atoms in total. The normalized spacial score (nSPS) is 22.2. The van der Waals surface area contributed by atoms with Gasteiger partial charge in [0.15, 0.2) is 11.5 Å². The highest BCUT2D eigenvalue weighted by atomic mass is 16.3. The first-order chi connectivity index (χ1) is 13.1. The van der Waals surface area contributed by atoms with E-state index < -0.39 is 0 Å². The van der Waals surface area contributed by atoms with Gasteiger partial charge in [-0.2, -0.15) is 0 Å². The average Bonchev–Trinajstić information content (AvgIpc) is 3.12. The van der Waals surface area contributed by atoms with E-state index in [4.69, 9.17) is 10.2 Å². The number of para-hydroxylation sites is 2. The van der Waals surface area contributed by atoms with Gasteiger partial charge in [-0.05, 0) is 44.4 Å². The van der Waals surface area contributed by atoms with Gasteiger partial charge in [0.2, 0.25) is 11.8 Å². The van der Waals surface area contributed by atoms with Gasteiger partial charge in [-0.15, -0.1) is 0 Å². The third kappa shape index (κ3) is 3.98. The number of carbonyl (C=O) groups is 2. The van der Waals surface area contributed by atoms with Crippen molar-refractivity contribution in [2.45, 2.75) is 31.6 Å². The van der Waals surface area contributed by atoms with E-state index in [0.717, 1.165) is 62.3 Å². The molecule has 0 bridgehead atoms. The molecule has 144 valence electrons. The molecule has 0 unspecified atom stereocenters. The zero-order chi connectivity index (χ0) is 18.8. The van der Waals surface area contributed by atoms with Crippen molar-refractivity contribution < 1.29 is 14.0 Å². The third-order valence-corrected chi connectivity index (χ3v) is 5.77. The number of carbonyl (C=O) groups excluding carboxylic acids is 2. The third-order valence-electron chi connectivity index (χ3n) is 5.77. The molecule has 4 rings (SSSR count). The molecule has 0 radical (unpaired) electrons. The van der Waals surface area contributed by atoms with Crippen molar-refractivity contribution in [1.82, 2.24) is 14.8 Å². The fourth-order valence-corrected chi connectivity index (χ4v) is 4.16. The van der Waals surface area contributed by atoms with Crippen molar-refractivity contribution in [2.24, 2.45) is 11.7 Å². The summed E-state index contributed by atoms with van der Waals surface area (Å²) in [6, 6.07) is 7.79. The number of aromatic nitrogens is 1. The molecule has 1 aromatic heterocycles. The molecule has 2 aliphatic heterocycles. The van der Waals surface area contributed by atoms with E-state index in [9.17, 15) is 9.59 Å². The Morgan fingerprint density at radius 3 is 2.67 bits per heavy atom. The van der Waals surface area contributed by atoms with Gasteiger partial charge in [-0.1, -0.05) is 12.1 Å². The van der Waals surface area contributed by atoms with Crippen LogP contribution in [0.15, 0.2) is 28.7 Å². The van der Waals surface area contributed by atoms with Gasteiger partial charge in [0.1, 0.15) is 5.52 Å². The molecule has 2 amide bonds. The lowest BCUT2D eigenvalue weighted by Crippen LogP contribution is -2.48. The molecular formula is C20H26N4O3. The molecule has 1 aromatic carbocycles. The summed E-state index contributed by atoms with van der Waals surface area (Å²) >= 11 is 0. The van der Waals surface area contributed by atoms with E-state index in [2.05, 4.69) is 9.88 Å². The molecule has 2 aromatic rings. The van der Waals surface area contributed by atoms with E-state index in [-0.39, 0.29) is 23.7 Å². The number of nitrogens with zero attached hydrogens (tertiary/aromatic N) is 3. The number of fused-ring (bicyclic) bond motifs is 1. The first-order valence-corrected chi connectivity index (χ1v) is 9.75. The van der Waals surface area contributed by atoms with Gasteiger partial charge in [0, 0.05) is 25.6 Å². The van der Waals surface area contributed by atoms with Crippen molar-refractivity contribution in [1.29, 1.82) is 0 Å². The SMILES string of the molecule is NC(=O)[C@H]1CCCN(CC(=O)N2CCC(c3nc4ccccc4o3)CC2)C1. The molecule has 7 heteroatoms. The van der Waals surface area contributed by atoms with Crippen LogP contribution in [0.2, 0.25) is 0 Å². The molecule has 2 N–H and O–H groups in total. The zero-order valence-corrected chi connectivity index (χ0v) is 15.5. The highest BCUT2D eigenvalue weighted by Crippen LogP contribution is 2.30. The molecular weight excluding hydrogens is 344 g/mol. The van der Waals surface area contributed by atoms with Crippen LogP contribution in [0.4, 0.5) is 0 Å². The Bertz CT molecular complexity index is 792. The lowest BCUT2D eigenvalue weighted by atomic mass is 9.96. The second kappa shape index (κ2) is 7.68. The predicted octanol–water partition coefficient (Wildman–Crippen LogP) is 1.73. The van der Waals surface area contributed by atoms with Crippen LogP contribution in [-0.2, 0) is 9.59 Å². The number of likely N-dealkylation sites (tertiary alicyclic amines) is 2. The topological polar surface area (TPSA) is 92.7 Å². The van der Waals surface area contributed by atoms with Crippen LogP contribution < -0.4 is 5.73 Å². The lowest BCUT2D eigenvalue weighted by molar-refractivity contribution is -0.135. The van der Waals surface area contributed by atoms with Crippen LogP contribution in [0.3, 0.4) is 0 Å². The number of rotatable bonds is 4. The molecule has 0 saturated carbocycles. The van der Waals surface area contributed by atoms with Gasteiger partial charge in [-0.25, -0.2) is 4.98 Å². The van der Waals surface area contributed by atoms with Crippen LogP contribution in [0.25, 0.3) is 11.1 Å². The standard InChI is InChI=1S/C20H26N4O3/c21-19(26)15-4-3-9-23(12-15)13-18(25)24-10-7-14(8-11-24)20-22-16-5-1-2-6-17(16)27-20/h1-2,5-6,14-15H,3-4,7-13H2,(H2,21,26)/t15-/m0/s1. The largest absolute Gasteiger partial charge is 0.440 e. The number of hydrogen-bond donors (Lipinski definition) is 1. The maximum Gasteiger partial charge on any atom is 0.236 e. The Morgan fingerprint density at radius 2 is 1.93 bits per heavy atom. The Labute approximate surface area is 158 Å². The van der Waals surface area contributed by atoms with Crippen molar-refractivity contribution in [2.75, 3.05) is 32.7 Å². The Hall–Kier alpha value is -2.41. The van der Waals surface area contributed by atoms with Gasteiger partial charge in [0.25, 0.3) is 0 Å². The molecule has 0 spiro atoms. The summed E-state index contributed by atoms with van der Waals surface area (Å²) in [5.41, 5.74) is 7.13. The smallest absolute Gasteiger partial charge is 0.236 e. The van der Waals surface area contributed by atoms with Crippen LogP contribution in [0.1, 0.15) is 37.5 Å². The van der Waals surface area contributed by atoms with E-state index in [1.165, 1.54) is 0 Å². The fourth-order valence-electron chi connectivity index (χ4n) is 4.16. The molecule has 2 saturated heterocycles. The Balaban J connectivity index is 1.30. The van der Waals surface area contributed by atoms with Crippen LogP contribution in [0.5, 0.6) is 0 Å². The van der Waals surface area contributed by atoms with Crippen molar-refractivity contribution in [3.63, 3.8) is 0 Å². The summed E-state index contributed by atoms with van der Waals surface area (Å²) in [6.07, 6.45) is 3.47. The Morgan fingerprint density at radius 1 is 1.15 bits per heavy atom. The van der Waals surface area contributed by atoms with E-state index in [1.807, 2.05) is 29.2 Å². The lowest BCUT2D eigenvalue weighted by Gasteiger charge is -2.35. The summed E-state index contributed by atoms with van der Waals surface area (Å²) < 4.78 is 5.89. The maximum atomic E-state index is 12.7. The van der Waals surface area contributed by atoms with Gasteiger partial charge in [0.05, 0.1) is 12.5 Å². The minimum absolute atomic E-state index is 0.128. The van der Waals surface area contributed by atoms with Crippen LogP contribution in [0, 0.1) is 5.92 Å². The number of oxazole rings is 1. The summed E-state index contributed by atoms with van der Waals surface area (Å²) in [5.74, 6) is 0.790. The summed E-state index contributed by atoms with van der Waals surface area (Å²) in [7, 11) is 0. The molecule has 1 atom stereocenters. The zero-order valence-electron chi connectivity index (χ0n) is 15.5. The highest BCUT2D eigenvalue weighted by Gasteiger charge is 2.30. The van der Waals surface area contributed by atoms with Gasteiger partial charge >= 0.3 is 0 Å². The number of nitrogens with two attached hydrogens (primary N) is 1. The Kier molecular flexibility index (Phi) is 5.11. The van der Waals surface area contributed by atoms with Crippen LogP contribution in [-0.4, -0.2) is 59.3 Å². The van der Waals surface area contributed by atoms with E-state index in [1.54, 1.807) is 0 Å². The maximum absolute atomic E-state index is 12.7. The summed E-state index contributed by atoms with van der Waals surface area (Å²) in [6.45, 7) is 3.26. The number of amides is 2. The monoisotopic (exact) mass is 370 g/mol. The minimum atomic E-state index is -0.258. The number of benzene rings is 1. The van der Waals surface area contributed by atoms with Crippen molar-refractivity contribution >= 4 is 22.9 Å². The molecule has 27 heavy (non-hydrogen) atoms. The fraction of sp³-hybridized carbons (Fsp3) is 0.550. The predicted molar refractivity (Wildman–Crippen MR) is 101 cm³/mol. The molecule has 2 aliphatic rings. The van der Waals surface area contributed by atoms with E-state index >= 15 is 0 Å². The average molecular weight is 370 g/mol. The number of hydrogen-bond acceptors (Lipinski definition) is 5. The molecule has 3 heterocycles. The quantitative estimate of drug-likeness (QED) is 0.885. The number of primary amides is 1. The van der Waals surface area contributed by atoms with E-state index in [0.29, 0.717) is 13.1 Å². The molecule has 0 aliphatic carbocycles. The van der Waals surface area contributed by atoms with Crippen LogP contribution >= 0.6 is 0 Å². The summed E-state index contributed by atoms with van der Waals surface area (Å²) in [5, 5.41) is 0. The first-order valence-electron chi connectivity index (χ1n) is 9.75. The second-order valence-corrected chi connectivity index (χ2v) is 7.65. The van der Waals surface area contributed by atoms with Gasteiger partial charge < -0.3 is 15.1 Å². The van der Waals surface area contributed by atoms with Crippen molar-refractivity contribution in [3.05, 3.63) is 30.2 Å². The summed E-state index contributed by atoms with van der Waals surface area (Å²) in [4.78, 5) is 32.7. The van der Waals surface area contributed by atoms with Crippen molar-refractivity contribution in [3.8, 4) is 0 Å². The first kappa shape index (κ1) is 18.0. The highest BCUT2D eigenvalue weighted by molar-refractivity contribution is 5.79. The second-order valence-electron chi connectivity index (χ2n) is 7.65. The molecule has 2 fully saturated rings. The number of piperidine rings is 2. The van der Waals surface area contributed by atoms with Gasteiger partial charge in [-0.3, -0.25) is 14.5 Å².